The fraction of sp³-hybridized carbons (Fsp3) is 0.714. The molecule has 4 bridgehead atoms. The Morgan fingerprint density at radius 3 is 2.33 bits per heavy atom. The number of rotatable bonds is 3. The SMILES string of the molecule is Nc1ncnc(NC2C3CC4CC(C3)CC2C4)c1[N+](=O)[O-]. The monoisotopic (exact) mass is 289 g/mol. The minimum atomic E-state index is -0.492. The molecule has 7 heteroatoms. The van der Waals surface area contributed by atoms with Gasteiger partial charge in [0, 0.05) is 6.04 Å². The van der Waals surface area contributed by atoms with E-state index in [-0.39, 0.29) is 17.3 Å². The molecule has 0 saturated heterocycles. The summed E-state index contributed by atoms with van der Waals surface area (Å²) in [4.78, 5) is 18.5. The topological polar surface area (TPSA) is 107 Å². The number of nitrogens with zero attached hydrogens (tertiary/aromatic N) is 3. The maximum absolute atomic E-state index is 11.2. The first kappa shape index (κ1) is 12.8. The number of hydrogen-bond donors (Lipinski definition) is 2. The van der Waals surface area contributed by atoms with Crippen molar-refractivity contribution in [3.8, 4) is 0 Å². The second-order valence-corrected chi connectivity index (χ2v) is 6.81. The third-order valence-electron chi connectivity index (χ3n) is 5.56. The smallest absolute Gasteiger partial charge is 0.352 e. The standard InChI is InChI=1S/C14H19N5O2/c15-13-12(19(20)21)14(17-6-16-13)18-11-9-2-7-1-8(4-9)5-10(11)3-7/h6-11H,1-5H2,(H3,15,16,17,18). The number of nitrogen functional groups attached to an aromatic ring is 1. The van der Waals surface area contributed by atoms with Crippen LogP contribution in [0.3, 0.4) is 0 Å². The van der Waals surface area contributed by atoms with Gasteiger partial charge in [0.25, 0.3) is 0 Å². The van der Waals surface area contributed by atoms with E-state index >= 15 is 0 Å². The van der Waals surface area contributed by atoms with Crippen molar-refractivity contribution in [3.63, 3.8) is 0 Å². The van der Waals surface area contributed by atoms with Gasteiger partial charge in [0.1, 0.15) is 6.33 Å². The Morgan fingerprint density at radius 2 is 1.76 bits per heavy atom. The Hall–Kier alpha value is -1.92. The summed E-state index contributed by atoms with van der Waals surface area (Å²) in [5.74, 6) is 3.20. The zero-order valence-electron chi connectivity index (χ0n) is 11.7. The molecule has 0 spiro atoms. The highest BCUT2D eigenvalue weighted by Crippen LogP contribution is 2.54. The molecule has 0 unspecified atom stereocenters. The number of nitro groups is 1. The summed E-state index contributed by atoms with van der Waals surface area (Å²) in [7, 11) is 0. The average molecular weight is 289 g/mol. The largest absolute Gasteiger partial charge is 0.378 e. The quantitative estimate of drug-likeness (QED) is 0.652. The molecule has 0 radical (unpaired) electrons. The van der Waals surface area contributed by atoms with Gasteiger partial charge in [0.2, 0.25) is 11.6 Å². The molecule has 4 aliphatic rings. The molecule has 0 atom stereocenters. The van der Waals surface area contributed by atoms with Gasteiger partial charge in [-0.25, -0.2) is 9.97 Å². The van der Waals surface area contributed by atoms with Crippen LogP contribution in [0.5, 0.6) is 0 Å². The van der Waals surface area contributed by atoms with Gasteiger partial charge < -0.3 is 11.1 Å². The van der Waals surface area contributed by atoms with Crippen LogP contribution < -0.4 is 11.1 Å². The van der Waals surface area contributed by atoms with E-state index in [9.17, 15) is 10.1 Å². The molecule has 4 saturated carbocycles. The van der Waals surface area contributed by atoms with Crippen LogP contribution in [0.15, 0.2) is 6.33 Å². The first-order valence-electron chi connectivity index (χ1n) is 7.63. The highest BCUT2D eigenvalue weighted by Gasteiger charge is 2.48. The van der Waals surface area contributed by atoms with Gasteiger partial charge >= 0.3 is 5.69 Å². The summed E-state index contributed by atoms with van der Waals surface area (Å²) in [5, 5.41) is 14.5. The third-order valence-corrected chi connectivity index (χ3v) is 5.56. The Balaban J connectivity index is 1.62. The molecule has 1 aromatic heterocycles. The molecule has 1 heterocycles. The van der Waals surface area contributed by atoms with Gasteiger partial charge in [-0.15, -0.1) is 0 Å². The van der Waals surface area contributed by atoms with Crippen molar-refractivity contribution >= 4 is 17.3 Å². The Labute approximate surface area is 122 Å². The van der Waals surface area contributed by atoms with Crippen LogP contribution in [-0.2, 0) is 0 Å². The van der Waals surface area contributed by atoms with Crippen LogP contribution in [0.25, 0.3) is 0 Å². The van der Waals surface area contributed by atoms with Crippen molar-refractivity contribution in [2.75, 3.05) is 11.1 Å². The number of nitrogens with one attached hydrogen (secondary N) is 1. The third kappa shape index (κ3) is 2.02. The molecular formula is C14H19N5O2. The molecule has 112 valence electrons. The molecule has 3 N–H and O–H groups in total. The lowest BCUT2D eigenvalue weighted by molar-refractivity contribution is -0.383. The first-order chi connectivity index (χ1) is 10.1. The molecule has 4 fully saturated rings. The lowest BCUT2D eigenvalue weighted by Gasteiger charge is -2.54. The van der Waals surface area contributed by atoms with Crippen molar-refractivity contribution in [1.29, 1.82) is 0 Å². The molecule has 1 aromatic rings. The van der Waals surface area contributed by atoms with E-state index < -0.39 is 4.92 Å². The molecule has 0 aromatic carbocycles. The van der Waals surface area contributed by atoms with Gasteiger partial charge in [0.15, 0.2) is 0 Å². The minimum absolute atomic E-state index is 0.0682. The maximum Gasteiger partial charge on any atom is 0.352 e. The predicted octanol–water partition coefficient (Wildman–Crippen LogP) is 2.20. The lowest BCUT2D eigenvalue weighted by Crippen LogP contribution is -2.51. The van der Waals surface area contributed by atoms with E-state index in [4.69, 9.17) is 5.73 Å². The second-order valence-electron chi connectivity index (χ2n) is 6.81. The Bertz CT molecular complexity index is 563. The fourth-order valence-corrected chi connectivity index (χ4v) is 5.00. The van der Waals surface area contributed by atoms with Crippen LogP contribution in [0.4, 0.5) is 17.3 Å². The normalized spacial score (nSPS) is 36.7. The van der Waals surface area contributed by atoms with Gasteiger partial charge in [-0.2, -0.15) is 0 Å². The average Bonchev–Trinajstić information content (AvgIpc) is 2.41. The van der Waals surface area contributed by atoms with Crippen LogP contribution in [-0.4, -0.2) is 20.9 Å². The van der Waals surface area contributed by atoms with Crippen molar-refractivity contribution in [1.82, 2.24) is 9.97 Å². The van der Waals surface area contributed by atoms with E-state index in [1.165, 1.54) is 38.4 Å². The van der Waals surface area contributed by atoms with E-state index in [0.29, 0.717) is 17.9 Å². The maximum atomic E-state index is 11.2. The van der Waals surface area contributed by atoms with Gasteiger partial charge in [0.05, 0.1) is 4.92 Å². The van der Waals surface area contributed by atoms with E-state index in [0.717, 1.165) is 11.8 Å². The summed E-state index contributed by atoms with van der Waals surface area (Å²) >= 11 is 0. The highest BCUT2D eigenvalue weighted by molar-refractivity contribution is 5.67. The minimum Gasteiger partial charge on any atom is -0.378 e. The van der Waals surface area contributed by atoms with E-state index in [1.54, 1.807) is 0 Å². The summed E-state index contributed by atoms with van der Waals surface area (Å²) in [6.07, 6.45) is 7.68. The Kier molecular flexibility index (Phi) is 2.77. The summed E-state index contributed by atoms with van der Waals surface area (Å²) in [5.41, 5.74) is 5.45. The van der Waals surface area contributed by atoms with Crippen molar-refractivity contribution < 1.29 is 4.92 Å². The van der Waals surface area contributed by atoms with Crippen LogP contribution >= 0.6 is 0 Å². The molecular weight excluding hydrogens is 270 g/mol. The molecule has 5 rings (SSSR count). The molecule has 4 aliphatic carbocycles. The molecule has 7 nitrogen and oxygen atoms in total. The lowest BCUT2D eigenvalue weighted by atomic mass is 9.54. The zero-order valence-corrected chi connectivity index (χ0v) is 11.7. The van der Waals surface area contributed by atoms with Gasteiger partial charge in [-0.05, 0) is 55.8 Å². The zero-order chi connectivity index (χ0) is 14.6. The van der Waals surface area contributed by atoms with Gasteiger partial charge in [-0.3, -0.25) is 10.1 Å². The molecule has 0 amide bonds. The first-order valence-corrected chi connectivity index (χ1v) is 7.63. The van der Waals surface area contributed by atoms with Gasteiger partial charge in [-0.1, -0.05) is 0 Å². The number of anilines is 2. The predicted molar refractivity (Wildman–Crippen MR) is 77.6 cm³/mol. The van der Waals surface area contributed by atoms with Crippen molar-refractivity contribution in [3.05, 3.63) is 16.4 Å². The summed E-state index contributed by atoms with van der Waals surface area (Å²) in [6.45, 7) is 0. The van der Waals surface area contributed by atoms with E-state index in [2.05, 4.69) is 15.3 Å². The summed E-state index contributed by atoms with van der Waals surface area (Å²) in [6, 6.07) is 0.297. The van der Waals surface area contributed by atoms with Crippen LogP contribution in [0.1, 0.15) is 32.1 Å². The number of aromatic nitrogens is 2. The second kappa shape index (κ2) is 4.54. The number of nitrogens with two attached hydrogens (primary N) is 1. The van der Waals surface area contributed by atoms with Crippen LogP contribution in [0, 0.1) is 33.8 Å². The van der Waals surface area contributed by atoms with Crippen molar-refractivity contribution in [2.45, 2.75) is 38.1 Å². The molecule has 0 aliphatic heterocycles. The van der Waals surface area contributed by atoms with Crippen molar-refractivity contribution in [2.24, 2.45) is 23.7 Å². The van der Waals surface area contributed by atoms with E-state index in [1.807, 2.05) is 0 Å². The highest BCUT2D eigenvalue weighted by atomic mass is 16.6. The fourth-order valence-electron chi connectivity index (χ4n) is 5.00. The molecule has 21 heavy (non-hydrogen) atoms. The summed E-state index contributed by atoms with van der Waals surface area (Å²) < 4.78 is 0. The number of hydrogen-bond acceptors (Lipinski definition) is 6. The Morgan fingerprint density at radius 1 is 1.14 bits per heavy atom. The van der Waals surface area contributed by atoms with Crippen LogP contribution in [0.2, 0.25) is 0 Å².